The summed E-state index contributed by atoms with van der Waals surface area (Å²) in [6.45, 7) is 4.13. The van der Waals surface area contributed by atoms with Crippen molar-refractivity contribution in [3.8, 4) is 0 Å². The molecule has 1 aliphatic heterocycles. The van der Waals surface area contributed by atoms with Gasteiger partial charge in [0.05, 0.1) is 5.56 Å². The van der Waals surface area contributed by atoms with Gasteiger partial charge in [0.15, 0.2) is 0 Å². The van der Waals surface area contributed by atoms with Crippen LogP contribution < -0.4 is 5.32 Å². The van der Waals surface area contributed by atoms with Gasteiger partial charge in [-0.15, -0.1) is 12.4 Å². The summed E-state index contributed by atoms with van der Waals surface area (Å²) in [6.07, 6.45) is -3.04. The van der Waals surface area contributed by atoms with E-state index in [0.717, 1.165) is 38.2 Å². The van der Waals surface area contributed by atoms with E-state index in [1.807, 2.05) is 11.9 Å². The highest BCUT2D eigenvalue weighted by molar-refractivity contribution is 5.85. The van der Waals surface area contributed by atoms with Gasteiger partial charge in [-0.3, -0.25) is 4.79 Å². The van der Waals surface area contributed by atoms with Crippen LogP contribution in [0, 0.1) is 11.8 Å². The fourth-order valence-electron chi connectivity index (χ4n) is 3.12. The summed E-state index contributed by atoms with van der Waals surface area (Å²) in [4.78, 5) is 14.3. The van der Waals surface area contributed by atoms with Gasteiger partial charge >= 0.3 is 6.18 Å². The molecule has 24 heavy (non-hydrogen) atoms. The molecule has 1 saturated heterocycles. The molecule has 2 atom stereocenters. The zero-order chi connectivity index (χ0) is 17.0. The third kappa shape index (κ3) is 5.38. The maximum absolute atomic E-state index is 12.7. The largest absolute Gasteiger partial charge is 0.416 e. The second kappa shape index (κ2) is 8.72. The van der Waals surface area contributed by atoms with E-state index in [0.29, 0.717) is 17.9 Å². The molecule has 2 unspecified atom stereocenters. The number of rotatable bonds is 5. The zero-order valence-corrected chi connectivity index (χ0v) is 14.7. The van der Waals surface area contributed by atoms with Gasteiger partial charge < -0.3 is 10.2 Å². The number of hydrogen-bond donors (Lipinski definition) is 1. The maximum atomic E-state index is 12.7. The zero-order valence-electron chi connectivity index (χ0n) is 13.9. The predicted octanol–water partition coefficient (Wildman–Crippen LogP) is 3.37. The molecule has 3 nitrogen and oxygen atoms in total. The molecule has 0 saturated carbocycles. The minimum Gasteiger partial charge on any atom is -0.342 e. The molecule has 1 fully saturated rings. The fraction of sp³-hybridized carbons (Fsp3) is 0.588. The Morgan fingerprint density at radius 1 is 1.42 bits per heavy atom. The number of nitrogens with one attached hydrogen (secondary N) is 1. The summed E-state index contributed by atoms with van der Waals surface area (Å²) in [7, 11) is 1.89. The molecule has 1 aromatic carbocycles. The van der Waals surface area contributed by atoms with Crippen molar-refractivity contribution >= 4 is 18.3 Å². The number of alkyl halides is 3. The molecular formula is C17H24ClF3N2O. The molecule has 0 spiro atoms. The molecule has 0 aromatic heterocycles. The first kappa shape index (κ1) is 20.8. The van der Waals surface area contributed by atoms with Crippen LogP contribution in [0.15, 0.2) is 24.3 Å². The summed E-state index contributed by atoms with van der Waals surface area (Å²) < 4.78 is 38.2. The van der Waals surface area contributed by atoms with Crippen molar-refractivity contribution in [3.05, 3.63) is 35.4 Å². The minimum absolute atomic E-state index is 0. The molecule has 1 amide bonds. The maximum Gasteiger partial charge on any atom is 0.416 e. The molecular weight excluding hydrogens is 341 g/mol. The number of amides is 1. The molecule has 0 bridgehead atoms. The monoisotopic (exact) mass is 364 g/mol. The first-order chi connectivity index (χ1) is 10.8. The average molecular weight is 365 g/mol. The highest BCUT2D eigenvalue weighted by atomic mass is 35.5. The first-order valence-electron chi connectivity index (χ1n) is 7.90. The Labute approximate surface area is 147 Å². The van der Waals surface area contributed by atoms with Crippen LogP contribution in [0.5, 0.6) is 0 Å². The van der Waals surface area contributed by atoms with E-state index in [1.165, 1.54) is 6.07 Å². The lowest BCUT2D eigenvalue weighted by atomic mass is 9.98. The topological polar surface area (TPSA) is 32.3 Å². The normalized spacial score (nSPS) is 19.0. The number of nitrogens with zero attached hydrogens (tertiary/aromatic N) is 1. The SMILES string of the molecule is CNCC1CCN(C(=O)C(C)Cc2cccc(C(F)(F)F)c2)C1.Cl. The van der Waals surface area contributed by atoms with Crippen molar-refractivity contribution < 1.29 is 18.0 Å². The number of halogens is 4. The third-order valence-corrected chi connectivity index (χ3v) is 4.31. The van der Waals surface area contributed by atoms with Gasteiger partial charge in [0.1, 0.15) is 0 Å². The summed E-state index contributed by atoms with van der Waals surface area (Å²) in [5, 5.41) is 3.11. The smallest absolute Gasteiger partial charge is 0.342 e. The fourth-order valence-corrected chi connectivity index (χ4v) is 3.12. The molecule has 1 N–H and O–H groups in total. The molecule has 0 radical (unpaired) electrons. The molecule has 2 rings (SSSR count). The third-order valence-electron chi connectivity index (χ3n) is 4.31. The molecule has 1 heterocycles. The van der Waals surface area contributed by atoms with Crippen LogP contribution in [0.25, 0.3) is 0 Å². The van der Waals surface area contributed by atoms with Crippen molar-refractivity contribution in [1.82, 2.24) is 10.2 Å². The lowest BCUT2D eigenvalue weighted by Crippen LogP contribution is -2.35. The van der Waals surface area contributed by atoms with Crippen LogP contribution in [0.3, 0.4) is 0 Å². The Morgan fingerprint density at radius 3 is 2.75 bits per heavy atom. The summed E-state index contributed by atoms with van der Waals surface area (Å²) >= 11 is 0. The average Bonchev–Trinajstić information content (AvgIpc) is 2.95. The lowest BCUT2D eigenvalue weighted by Gasteiger charge is -2.21. The Morgan fingerprint density at radius 2 is 2.12 bits per heavy atom. The van der Waals surface area contributed by atoms with Crippen LogP contribution in [-0.2, 0) is 17.4 Å². The van der Waals surface area contributed by atoms with Crippen molar-refractivity contribution in [3.63, 3.8) is 0 Å². The van der Waals surface area contributed by atoms with E-state index in [2.05, 4.69) is 5.32 Å². The number of likely N-dealkylation sites (tertiary alicyclic amines) is 1. The van der Waals surface area contributed by atoms with E-state index in [4.69, 9.17) is 0 Å². The van der Waals surface area contributed by atoms with Crippen molar-refractivity contribution in [1.29, 1.82) is 0 Å². The Bertz CT molecular complexity index is 551. The highest BCUT2D eigenvalue weighted by Crippen LogP contribution is 2.30. The van der Waals surface area contributed by atoms with Gasteiger partial charge in [0.2, 0.25) is 5.91 Å². The van der Waals surface area contributed by atoms with Gasteiger partial charge in [0, 0.05) is 19.0 Å². The minimum atomic E-state index is -4.35. The van der Waals surface area contributed by atoms with Crippen molar-refractivity contribution in [2.75, 3.05) is 26.7 Å². The van der Waals surface area contributed by atoms with Crippen LogP contribution in [0.2, 0.25) is 0 Å². The number of carbonyl (C=O) groups is 1. The van der Waals surface area contributed by atoms with E-state index in [9.17, 15) is 18.0 Å². The van der Waals surface area contributed by atoms with Gasteiger partial charge in [-0.25, -0.2) is 0 Å². The number of carbonyl (C=O) groups excluding carboxylic acids is 1. The molecule has 1 aliphatic rings. The van der Waals surface area contributed by atoms with Gasteiger partial charge in [-0.1, -0.05) is 25.1 Å². The second-order valence-corrected chi connectivity index (χ2v) is 6.30. The second-order valence-electron chi connectivity index (χ2n) is 6.30. The summed E-state index contributed by atoms with van der Waals surface area (Å²) in [5.74, 6) is 0.178. The van der Waals surface area contributed by atoms with Crippen LogP contribution in [0.1, 0.15) is 24.5 Å². The summed E-state index contributed by atoms with van der Waals surface area (Å²) in [6, 6.07) is 5.23. The quantitative estimate of drug-likeness (QED) is 0.868. The Hall–Kier alpha value is -1.27. The Balaban J connectivity index is 0.00000288. The van der Waals surface area contributed by atoms with Gasteiger partial charge in [0.25, 0.3) is 0 Å². The molecule has 7 heteroatoms. The Kier molecular flexibility index (Phi) is 7.55. The number of benzene rings is 1. The molecule has 136 valence electrons. The number of hydrogen-bond acceptors (Lipinski definition) is 2. The standard InChI is InChI=1S/C17H23F3N2O.ClH/c1-12(16(23)22-7-6-14(11-22)10-21-2)8-13-4-3-5-15(9-13)17(18,19)20;/h3-5,9,12,14,21H,6-8,10-11H2,1-2H3;1H. The van der Waals surface area contributed by atoms with E-state index < -0.39 is 11.7 Å². The molecule has 1 aromatic rings. The van der Waals surface area contributed by atoms with Crippen LogP contribution >= 0.6 is 12.4 Å². The van der Waals surface area contributed by atoms with Crippen molar-refractivity contribution in [2.45, 2.75) is 25.9 Å². The predicted molar refractivity (Wildman–Crippen MR) is 90.2 cm³/mol. The van der Waals surface area contributed by atoms with E-state index >= 15 is 0 Å². The van der Waals surface area contributed by atoms with Gasteiger partial charge in [-0.2, -0.15) is 13.2 Å². The summed E-state index contributed by atoms with van der Waals surface area (Å²) in [5.41, 5.74) is -0.114. The van der Waals surface area contributed by atoms with E-state index in [-0.39, 0.29) is 24.2 Å². The van der Waals surface area contributed by atoms with E-state index in [1.54, 1.807) is 13.0 Å². The van der Waals surface area contributed by atoms with Crippen molar-refractivity contribution in [2.24, 2.45) is 11.8 Å². The highest BCUT2D eigenvalue weighted by Gasteiger charge is 2.31. The van der Waals surface area contributed by atoms with Crippen LogP contribution in [-0.4, -0.2) is 37.5 Å². The lowest BCUT2D eigenvalue weighted by molar-refractivity contribution is -0.137. The molecule has 0 aliphatic carbocycles. The first-order valence-corrected chi connectivity index (χ1v) is 7.90. The van der Waals surface area contributed by atoms with Crippen LogP contribution in [0.4, 0.5) is 13.2 Å². The van der Waals surface area contributed by atoms with Gasteiger partial charge in [-0.05, 0) is 44.0 Å².